The third-order valence-corrected chi connectivity index (χ3v) is 7.55. The second-order valence-electron chi connectivity index (χ2n) is 10.2. The van der Waals surface area contributed by atoms with Gasteiger partial charge in [0.25, 0.3) is 0 Å². The molecule has 0 N–H and O–H groups in total. The van der Waals surface area contributed by atoms with Gasteiger partial charge in [-0.15, -0.1) is 0 Å². The number of carbonyl (C=O) groups is 1. The van der Waals surface area contributed by atoms with Crippen LogP contribution in [0.1, 0.15) is 92.6 Å². The van der Waals surface area contributed by atoms with Gasteiger partial charge < -0.3 is 4.74 Å². The minimum atomic E-state index is -1.14. The fraction of sp³-hybridized carbons (Fsp3) is 0.406. The van der Waals surface area contributed by atoms with Crippen LogP contribution < -0.4 is 4.74 Å². The van der Waals surface area contributed by atoms with Crippen molar-refractivity contribution >= 4 is 5.97 Å². The molecule has 4 rings (SSSR count). The number of rotatable bonds is 9. The van der Waals surface area contributed by atoms with Gasteiger partial charge in [0, 0.05) is 5.56 Å². The summed E-state index contributed by atoms with van der Waals surface area (Å²) in [5.74, 6) is -2.96. The van der Waals surface area contributed by atoms with E-state index in [1.807, 2.05) is 6.07 Å². The zero-order valence-corrected chi connectivity index (χ0v) is 21.7. The normalized spacial score (nSPS) is 17.5. The Labute approximate surface area is 217 Å². The number of esters is 1. The number of unbranched alkanes of at least 4 members (excludes halogenated alkanes) is 1. The van der Waals surface area contributed by atoms with E-state index in [2.05, 4.69) is 13.8 Å². The monoisotopic (exact) mass is 508 g/mol. The first-order valence-corrected chi connectivity index (χ1v) is 13.5. The van der Waals surface area contributed by atoms with Crippen molar-refractivity contribution < 1.29 is 22.7 Å². The molecular weight excluding hydrogens is 473 g/mol. The Balaban J connectivity index is 1.42. The summed E-state index contributed by atoms with van der Waals surface area (Å²) in [5.41, 5.74) is 2.54. The van der Waals surface area contributed by atoms with E-state index in [0.29, 0.717) is 22.6 Å². The van der Waals surface area contributed by atoms with Crippen LogP contribution in [0.5, 0.6) is 5.75 Å². The maximum atomic E-state index is 14.9. The van der Waals surface area contributed by atoms with Crippen molar-refractivity contribution in [3.63, 3.8) is 0 Å². The number of ether oxygens (including phenoxy) is 1. The number of benzene rings is 3. The van der Waals surface area contributed by atoms with Gasteiger partial charge in [-0.25, -0.2) is 13.6 Å². The second-order valence-corrected chi connectivity index (χ2v) is 10.2. The highest BCUT2D eigenvalue weighted by Crippen LogP contribution is 2.40. The van der Waals surface area contributed by atoms with E-state index in [4.69, 9.17) is 4.74 Å². The SMILES string of the molecule is CCCCc1ccc(-c2ccc(C(=O)Oc3ccc(C4CCC(CCC)CC4)c(F)c3F)cc2)c(F)c1. The summed E-state index contributed by atoms with van der Waals surface area (Å²) in [6.45, 7) is 4.26. The summed E-state index contributed by atoms with van der Waals surface area (Å²) in [6, 6.07) is 14.3. The van der Waals surface area contributed by atoms with Crippen molar-refractivity contribution in [1.82, 2.24) is 0 Å². The molecule has 1 aliphatic carbocycles. The Morgan fingerprint density at radius 1 is 0.865 bits per heavy atom. The maximum absolute atomic E-state index is 14.9. The van der Waals surface area contributed by atoms with E-state index in [9.17, 15) is 18.0 Å². The predicted octanol–water partition coefficient (Wildman–Crippen LogP) is 9.41. The lowest BCUT2D eigenvalue weighted by Gasteiger charge is -2.29. The van der Waals surface area contributed by atoms with E-state index in [-0.39, 0.29) is 17.3 Å². The van der Waals surface area contributed by atoms with Gasteiger partial charge in [0.1, 0.15) is 5.82 Å². The predicted molar refractivity (Wildman–Crippen MR) is 141 cm³/mol. The molecule has 196 valence electrons. The Bertz CT molecular complexity index is 1210. The van der Waals surface area contributed by atoms with Crippen LogP contribution in [0.25, 0.3) is 11.1 Å². The van der Waals surface area contributed by atoms with Crippen LogP contribution in [-0.2, 0) is 6.42 Å². The first kappa shape index (κ1) is 27.0. The molecule has 1 saturated carbocycles. The van der Waals surface area contributed by atoms with Crippen molar-refractivity contribution in [2.45, 2.75) is 77.6 Å². The van der Waals surface area contributed by atoms with E-state index in [0.717, 1.165) is 56.9 Å². The number of hydrogen-bond donors (Lipinski definition) is 0. The minimum Gasteiger partial charge on any atom is -0.420 e. The van der Waals surface area contributed by atoms with Gasteiger partial charge in [-0.2, -0.15) is 4.39 Å². The summed E-state index contributed by atoms with van der Waals surface area (Å²) < 4.78 is 49.6. The molecule has 5 heteroatoms. The Kier molecular flexibility index (Phi) is 9.07. The molecule has 3 aromatic carbocycles. The fourth-order valence-corrected chi connectivity index (χ4v) is 5.38. The summed E-state index contributed by atoms with van der Waals surface area (Å²) in [5, 5.41) is 0. The highest BCUT2D eigenvalue weighted by atomic mass is 19.2. The van der Waals surface area contributed by atoms with E-state index >= 15 is 0 Å². The molecule has 0 bridgehead atoms. The molecule has 1 aliphatic rings. The molecule has 2 nitrogen and oxygen atoms in total. The summed E-state index contributed by atoms with van der Waals surface area (Å²) >= 11 is 0. The lowest BCUT2D eigenvalue weighted by atomic mass is 9.77. The van der Waals surface area contributed by atoms with E-state index < -0.39 is 23.4 Å². The topological polar surface area (TPSA) is 26.3 Å². The van der Waals surface area contributed by atoms with Gasteiger partial charge in [0.2, 0.25) is 5.82 Å². The lowest BCUT2D eigenvalue weighted by molar-refractivity contribution is 0.0726. The van der Waals surface area contributed by atoms with Crippen molar-refractivity contribution in [3.05, 3.63) is 88.7 Å². The van der Waals surface area contributed by atoms with Crippen molar-refractivity contribution in [3.8, 4) is 16.9 Å². The Hall–Kier alpha value is -3.08. The van der Waals surface area contributed by atoms with Crippen LogP contribution >= 0.6 is 0 Å². The maximum Gasteiger partial charge on any atom is 0.343 e. The number of carbonyl (C=O) groups excluding carboxylic acids is 1. The molecular formula is C32H35F3O2. The summed E-state index contributed by atoms with van der Waals surface area (Å²) in [6.07, 6.45) is 8.94. The zero-order chi connectivity index (χ0) is 26.4. The quantitative estimate of drug-likeness (QED) is 0.213. The van der Waals surface area contributed by atoms with Crippen LogP contribution in [0, 0.1) is 23.4 Å². The van der Waals surface area contributed by atoms with Gasteiger partial charge in [0.05, 0.1) is 5.56 Å². The number of aryl methyl sites for hydroxylation is 1. The van der Waals surface area contributed by atoms with Gasteiger partial charge in [0.15, 0.2) is 11.6 Å². The first-order chi connectivity index (χ1) is 17.9. The van der Waals surface area contributed by atoms with Crippen LogP contribution in [0.15, 0.2) is 54.6 Å². The van der Waals surface area contributed by atoms with Gasteiger partial charge in [-0.3, -0.25) is 0 Å². The molecule has 0 aliphatic heterocycles. The third-order valence-electron chi connectivity index (χ3n) is 7.55. The van der Waals surface area contributed by atoms with E-state index in [1.165, 1.54) is 24.6 Å². The average Bonchev–Trinajstić information content (AvgIpc) is 2.91. The smallest absolute Gasteiger partial charge is 0.343 e. The molecule has 0 unspecified atom stereocenters. The van der Waals surface area contributed by atoms with Gasteiger partial charge in [-0.1, -0.05) is 63.4 Å². The minimum absolute atomic E-state index is 0.0130. The molecule has 0 saturated heterocycles. The molecule has 0 spiro atoms. The molecule has 0 amide bonds. The standard InChI is InChI=1S/C32H35F3O2/c1-3-5-7-22-10-17-26(28(33)20-22)23-13-15-25(16-14-23)32(36)37-29-19-18-27(30(34)31(29)35)24-11-8-21(6-4-2)9-12-24/h10,13-21,24H,3-9,11-12H2,1-2H3. The zero-order valence-electron chi connectivity index (χ0n) is 21.7. The van der Waals surface area contributed by atoms with Crippen molar-refractivity contribution in [2.75, 3.05) is 0 Å². The lowest BCUT2D eigenvalue weighted by Crippen LogP contribution is -2.15. The van der Waals surface area contributed by atoms with Gasteiger partial charge in [-0.05, 0) is 91.3 Å². The molecule has 0 radical (unpaired) electrons. The third kappa shape index (κ3) is 6.44. The molecule has 37 heavy (non-hydrogen) atoms. The van der Waals surface area contributed by atoms with Crippen LogP contribution in [-0.4, -0.2) is 5.97 Å². The van der Waals surface area contributed by atoms with Crippen LogP contribution in [0.2, 0.25) is 0 Å². The van der Waals surface area contributed by atoms with Crippen LogP contribution in [0.3, 0.4) is 0 Å². The first-order valence-electron chi connectivity index (χ1n) is 13.5. The Morgan fingerprint density at radius 2 is 1.59 bits per heavy atom. The summed E-state index contributed by atoms with van der Waals surface area (Å²) in [7, 11) is 0. The largest absolute Gasteiger partial charge is 0.420 e. The molecule has 0 aromatic heterocycles. The highest BCUT2D eigenvalue weighted by molar-refractivity contribution is 5.91. The average molecular weight is 509 g/mol. The number of halogens is 3. The molecule has 1 fully saturated rings. The molecule has 3 aromatic rings. The number of hydrogen-bond acceptors (Lipinski definition) is 2. The molecule has 0 heterocycles. The Morgan fingerprint density at radius 3 is 2.24 bits per heavy atom. The summed E-state index contributed by atoms with van der Waals surface area (Å²) in [4.78, 5) is 12.6. The van der Waals surface area contributed by atoms with Crippen molar-refractivity contribution in [2.24, 2.45) is 5.92 Å². The second kappa shape index (κ2) is 12.4. The van der Waals surface area contributed by atoms with Crippen LogP contribution in [0.4, 0.5) is 13.2 Å². The molecule has 0 atom stereocenters. The van der Waals surface area contributed by atoms with Gasteiger partial charge >= 0.3 is 5.97 Å². The highest BCUT2D eigenvalue weighted by Gasteiger charge is 2.27. The van der Waals surface area contributed by atoms with E-state index in [1.54, 1.807) is 30.3 Å². The van der Waals surface area contributed by atoms with Crippen molar-refractivity contribution in [1.29, 1.82) is 0 Å². The fourth-order valence-electron chi connectivity index (χ4n) is 5.38.